The van der Waals surface area contributed by atoms with Gasteiger partial charge >= 0.3 is 0 Å². The number of rotatable bonds is 7. The van der Waals surface area contributed by atoms with Crippen molar-refractivity contribution in [1.29, 1.82) is 0 Å². The van der Waals surface area contributed by atoms with Crippen LogP contribution in [-0.4, -0.2) is 37.3 Å². The summed E-state index contributed by atoms with van der Waals surface area (Å²) in [4.78, 5) is 13.0. The third-order valence-corrected chi connectivity index (χ3v) is 6.61. The minimum atomic E-state index is -4.00. The van der Waals surface area contributed by atoms with Gasteiger partial charge in [-0.2, -0.15) is 0 Å². The molecule has 0 radical (unpaired) electrons. The van der Waals surface area contributed by atoms with Crippen LogP contribution in [0.4, 0.5) is 4.39 Å². The number of carbonyl (C=O) groups is 1. The van der Waals surface area contributed by atoms with E-state index in [9.17, 15) is 17.6 Å². The first-order chi connectivity index (χ1) is 14.1. The normalized spacial score (nSPS) is 16.1. The van der Waals surface area contributed by atoms with Crippen LogP contribution in [0.25, 0.3) is 4.91 Å². The summed E-state index contributed by atoms with van der Waals surface area (Å²) < 4.78 is 46.1. The fourth-order valence-electron chi connectivity index (χ4n) is 3.26. The van der Waals surface area contributed by atoms with Crippen LogP contribution in [0.1, 0.15) is 32.8 Å². The van der Waals surface area contributed by atoms with Gasteiger partial charge in [-0.1, -0.05) is 36.4 Å². The van der Waals surface area contributed by atoms with Crippen molar-refractivity contribution in [2.45, 2.75) is 32.7 Å². The monoisotopic (exact) mass is 432 g/mol. The van der Waals surface area contributed by atoms with Gasteiger partial charge in [-0.05, 0) is 44.9 Å². The van der Waals surface area contributed by atoms with Gasteiger partial charge in [0.25, 0.3) is 15.9 Å². The molecule has 0 atom stereocenters. The van der Waals surface area contributed by atoms with Crippen molar-refractivity contribution in [3.05, 3.63) is 71.7 Å². The summed E-state index contributed by atoms with van der Waals surface area (Å²) in [6.07, 6.45) is 0.491. The van der Waals surface area contributed by atoms with Crippen molar-refractivity contribution in [2.75, 3.05) is 13.2 Å². The molecule has 2 aromatic rings. The molecule has 1 heterocycles. The fourth-order valence-corrected chi connectivity index (χ4v) is 5.33. The first-order valence-electron chi connectivity index (χ1n) is 9.64. The lowest BCUT2D eigenvalue weighted by molar-refractivity contribution is -0.125. The maximum Gasteiger partial charge on any atom is 0.285 e. The van der Waals surface area contributed by atoms with E-state index in [1.54, 1.807) is 63.2 Å². The van der Waals surface area contributed by atoms with Crippen molar-refractivity contribution < 1.29 is 22.3 Å². The molecule has 30 heavy (non-hydrogen) atoms. The Labute approximate surface area is 176 Å². The van der Waals surface area contributed by atoms with Crippen molar-refractivity contribution in [2.24, 2.45) is 0 Å². The average Bonchev–Trinajstić information content (AvgIpc) is 2.87. The second kappa shape index (κ2) is 8.47. The molecule has 160 valence electrons. The molecule has 0 unspecified atom stereocenters. The summed E-state index contributed by atoms with van der Waals surface area (Å²) in [6.45, 7) is 5.65. The summed E-state index contributed by atoms with van der Waals surface area (Å²) >= 11 is 0. The van der Waals surface area contributed by atoms with E-state index in [4.69, 9.17) is 4.74 Å². The standard InChI is InChI=1S/C22H25FN2O4S/c1-22(2,3)25-21(26)19(20(30(25,27)28)16-9-5-4-6-10-16)24-13-8-14-29-18-12-7-11-17(23)15-18/h4-7,9-12,15,24H,8,13-14H2,1-3H3. The predicted octanol–water partition coefficient (Wildman–Crippen LogP) is 3.52. The second-order valence-corrected chi connectivity index (χ2v) is 9.63. The molecule has 2 aromatic carbocycles. The molecule has 6 nitrogen and oxygen atoms in total. The molecule has 1 aliphatic rings. The Bertz CT molecular complexity index is 1060. The topological polar surface area (TPSA) is 75.7 Å². The van der Waals surface area contributed by atoms with Gasteiger partial charge in [-0.25, -0.2) is 17.1 Å². The van der Waals surface area contributed by atoms with E-state index in [1.807, 2.05) is 0 Å². The fraction of sp³-hybridized carbons (Fsp3) is 0.318. The van der Waals surface area contributed by atoms with Gasteiger partial charge in [-0.15, -0.1) is 0 Å². The number of nitrogens with one attached hydrogen (secondary N) is 1. The quantitative estimate of drug-likeness (QED) is 0.678. The molecule has 0 spiro atoms. The maximum absolute atomic E-state index is 13.2. The highest BCUT2D eigenvalue weighted by Crippen LogP contribution is 2.38. The lowest BCUT2D eigenvalue weighted by atomic mass is 10.1. The van der Waals surface area contributed by atoms with Crippen LogP contribution < -0.4 is 10.1 Å². The van der Waals surface area contributed by atoms with E-state index in [0.717, 1.165) is 4.31 Å². The number of nitrogens with zero attached hydrogens (tertiary/aromatic N) is 1. The van der Waals surface area contributed by atoms with Crippen molar-refractivity contribution in [3.8, 4) is 5.75 Å². The molecule has 1 amide bonds. The molecule has 3 rings (SSSR count). The van der Waals surface area contributed by atoms with Gasteiger partial charge < -0.3 is 10.1 Å². The zero-order valence-corrected chi connectivity index (χ0v) is 18.0. The van der Waals surface area contributed by atoms with Gasteiger partial charge in [0.05, 0.1) is 12.1 Å². The molecule has 8 heteroatoms. The number of hydrogen-bond acceptors (Lipinski definition) is 5. The van der Waals surface area contributed by atoms with Crippen LogP contribution in [0.15, 0.2) is 60.3 Å². The number of amides is 1. The Morgan fingerprint density at radius 2 is 1.77 bits per heavy atom. The molecular formula is C22H25FN2O4S. The lowest BCUT2D eigenvalue weighted by Gasteiger charge is -2.30. The Morgan fingerprint density at radius 1 is 1.07 bits per heavy atom. The van der Waals surface area contributed by atoms with Gasteiger partial charge in [0.15, 0.2) is 0 Å². The van der Waals surface area contributed by atoms with Crippen LogP contribution >= 0.6 is 0 Å². The molecule has 0 aliphatic carbocycles. The molecule has 1 aliphatic heterocycles. The zero-order valence-electron chi connectivity index (χ0n) is 17.2. The zero-order chi connectivity index (χ0) is 21.9. The minimum Gasteiger partial charge on any atom is -0.493 e. The SMILES string of the molecule is CC(C)(C)N1C(=O)C(NCCCOc2cccc(F)c2)=C(c2ccccc2)S1(=O)=O. The van der Waals surface area contributed by atoms with Crippen molar-refractivity contribution >= 4 is 20.8 Å². The first kappa shape index (κ1) is 21.8. The lowest BCUT2D eigenvalue weighted by Crippen LogP contribution is -2.46. The molecular weight excluding hydrogens is 407 g/mol. The van der Waals surface area contributed by atoms with Gasteiger partial charge in [0.2, 0.25) is 0 Å². The van der Waals surface area contributed by atoms with Crippen molar-refractivity contribution in [3.63, 3.8) is 0 Å². The van der Waals surface area contributed by atoms with E-state index in [-0.39, 0.29) is 23.0 Å². The number of hydrogen-bond donors (Lipinski definition) is 1. The number of sulfonamides is 1. The van der Waals surface area contributed by atoms with E-state index >= 15 is 0 Å². The predicted molar refractivity (Wildman–Crippen MR) is 113 cm³/mol. The highest BCUT2D eigenvalue weighted by Gasteiger charge is 2.49. The maximum atomic E-state index is 13.2. The van der Waals surface area contributed by atoms with Crippen LogP contribution in [0, 0.1) is 5.82 Å². The van der Waals surface area contributed by atoms with Gasteiger partial charge in [0.1, 0.15) is 22.2 Å². The van der Waals surface area contributed by atoms with E-state index in [2.05, 4.69) is 5.32 Å². The van der Waals surface area contributed by atoms with Gasteiger partial charge in [-0.3, -0.25) is 4.79 Å². The Kier molecular flexibility index (Phi) is 6.17. The van der Waals surface area contributed by atoms with Crippen molar-refractivity contribution in [1.82, 2.24) is 9.62 Å². The van der Waals surface area contributed by atoms with Crippen LogP contribution in [0.2, 0.25) is 0 Å². The Morgan fingerprint density at radius 3 is 2.40 bits per heavy atom. The van der Waals surface area contributed by atoms with E-state index in [0.29, 0.717) is 24.3 Å². The summed E-state index contributed by atoms with van der Waals surface area (Å²) in [5.74, 6) is -0.544. The number of halogens is 1. The largest absolute Gasteiger partial charge is 0.493 e. The Hall–Kier alpha value is -2.87. The second-order valence-electron chi connectivity index (χ2n) is 7.90. The number of benzene rings is 2. The highest BCUT2D eigenvalue weighted by molar-refractivity contribution is 7.99. The van der Waals surface area contributed by atoms with E-state index < -0.39 is 21.5 Å². The molecule has 0 bridgehead atoms. The third-order valence-electron chi connectivity index (χ3n) is 4.46. The summed E-state index contributed by atoms with van der Waals surface area (Å²) in [7, 11) is -4.00. The molecule has 0 aromatic heterocycles. The smallest absolute Gasteiger partial charge is 0.285 e. The molecule has 0 saturated carbocycles. The molecule has 0 fully saturated rings. The Balaban J connectivity index is 1.78. The van der Waals surface area contributed by atoms with Gasteiger partial charge in [0, 0.05) is 12.6 Å². The highest BCUT2D eigenvalue weighted by atomic mass is 32.2. The average molecular weight is 433 g/mol. The number of carbonyl (C=O) groups excluding carboxylic acids is 1. The molecule has 1 N–H and O–H groups in total. The first-order valence-corrected chi connectivity index (χ1v) is 11.1. The van der Waals surface area contributed by atoms with Crippen LogP contribution in [0.3, 0.4) is 0 Å². The van der Waals surface area contributed by atoms with Crippen LogP contribution in [-0.2, 0) is 14.8 Å². The summed E-state index contributed by atoms with van der Waals surface area (Å²) in [6, 6.07) is 14.4. The number of ether oxygens (including phenoxy) is 1. The van der Waals surface area contributed by atoms with Crippen LogP contribution in [0.5, 0.6) is 5.75 Å². The summed E-state index contributed by atoms with van der Waals surface area (Å²) in [5.41, 5.74) is -0.391. The van der Waals surface area contributed by atoms with E-state index in [1.165, 1.54) is 12.1 Å². The summed E-state index contributed by atoms with van der Waals surface area (Å²) in [5, 5.41) is 2.99. The molecule has 0 saturated heterocycles. The third kappa shape index (κ3) is 4.48. The minimum absolute atomic E-state index is 0.0194.